The topological polar surface area (TPSA) is 149 Å². The standard InChI is InChI=1S/C36H49N5O7S/c1-23-12-13-25(33(42)39-28-19-26(35(2,3)4)20-29(32(28)46-8)40-49(9,44)45)18-30(23)47-31-21-27(37-22-38-31)17-24-11-10-15-41(16-14-24)34(43)48-36(5,6)7/h12-13,18-22,24,40H,10-11,14-17H2,1-9H3,(H,39,42). The minimum absolute atomic E-state index is 0.190. The highest BCUT2D eigenvalue weighted by molar-refractivity contribution is 7.92. The Labute approximate surface area is 290 Å². The van der Waals surface area contributed by atoms with Gasteiger partial charge in [-0.1, -0.05) is 26.8 Å². The number of hydrogen-bond acceptors (Lipinski definition) is 9. The zero-order valence-electron chi connectivity index (χ0n) is 30.0. The maximum absolute atomic E-state index is 13.6. The fourth-order valence-corrected chi connectivity index (χ4v) is 6.08. The van der Waals surface area contributed by atoms with Gasteiger partial charge in [0.25, 0.3) is 5.91 Å². The predicted octanol–water partition coefficient (Wildman–Crippen LogP) is 7.09. The summed E-state index contributed by atoms with van der Waals surface area (Å²) in [7, 11) is -2.21. The van der Waals surface area contributed by atoms with E-state index >= 15 is 0 Å². The van der Waals surface area contributed by atoms with Crippen molar-refractivity contribution in [2.24, 2.45) is 5.92 Å². The Balaban J connectivity index is 1.49. The van der Waals surface area contributed by atoms with Gasteiger partial charge in [0.2, 0.25) is 15.9 Å². The van der Waals surface area contributed by atoms with Crippen molar-refractivity contribution in [3.05, 3.63) is 65.1 Å². The average Bonchev–Trinajstić information content (AvgIpc) is 3.22. The normalized spacial score (nSPS) is 15.6. The first-order valence-corrected chi connectivity index (χ1v) is 18.3. The molecule has 1 atom stereocenters. The van der Waals surface area contributed by atoms with E-state index in [4.69, 9.17) is 14.2 Å². The van der Waals surface area contributed by atoms with Crippen LogP contribution in [0, 0.1) is 12.8 Å². The van der Waals surface area contributed by atoms with Crippen molar-refractivity contribution in [1.29, 1.82) is 0 Å². The molecule has 3 aromatic rings. The summed E-state index contributed by atoms with van der Waals surface area (Å²) in [6, 6.07) is 10.4. The van der Waals surface area contributed by atoms with Gasteiger partial charge in [-0.25, -0.2) is 23.2 Å². The van der Waals surface area contributed by atoms with Crippen molar-refractivity contribution in [2.75, 3.05) is 36.5 Å². The first kappa shape index (κ1) is 37.4. The van der Waals surface area contributed by atoms with Gasteiger partial charge < -0.3 is 24.4 Å². The molecular formula is C36H49N5O7S. The number of sulfonamides is 1. The Morgan fingerprint density at radius 1 is 0.980 bits per heavy atom. The van der Waals surface area contributed by atoms with Crippen LogP contribution in [-0.4, -0.2) is 67.3 Å². The molecule has 0 aliphatic carbocycles. The summed E-state index contributed by atoms with van der Waals surface area (Å²) in [6.45, 7) is 14.8. The van der Waals surface area contributed by atoms with Crippen LogP contribution < -0.4 is 19.5 Å². The van der Waals surface area contributed by atoms with Gasteiger partial charge in [0.05, 0.1) is 24.7 Å². The van der Waals surface area contributed by atoms with Gasteiger partial charge in [0.15, 0.2) is 5.75 Å². The minimum Gasteiger partial charge on any atom is -0.492 e. The lowest BCUT2D eigenvalue weighted by Gasteiger charge is -2.26. The molecule has 4 rings (SSSR count). The second-order valence-corrected chi connectivity index (χ2v) is 16.3. The second-order valence-electron chi connectivity index (χ2n) is 14.6. The molecule has 12 nitrogen and oxygen atoms in total. The van der Waals surface area contributed by atoms with Gasteiger partial charge in [-0.3, -0.25) is 9.52 Å². The zero-order chi connectivity index (χ0) is 36.1. The van der Waals surface area contributed by atoms with E-state index in [1.54, 1.807) is 35.2 Å². The van der Waals surface area contributed by atoms with E-state index in [1.807, 2.05) is 54.5 Å². The summed E-state index contributed by atoms with van der Waals surface area (Å²) in [4.78, 5) is 36.7. The highest BCUT2D eigenvalue weighted by Gasteiger charge is 2.26. The summed E-state index contributed by atoms with van der Waals surface area (Å²) in [5.41, 5.74) is 2.42. The van der Waals surface area contributed by atoms with E-state index in [1.165, 1.54) is 13.4 Å². The molecule has 1 unspecified atom stereocenters. The highest BCUT2D eigenvalue weighted by atomic mass is 32.2. The van der Waals surface area contributed by atoms with Crippen molar-refractivity contribution in [3.8, 4) is 17.4 Å². The number of anilines is 2. The SMILES string of the molecule is COc1c(NC(=O)c2ccc(C)c(Oc3cc(CC4CCCN(C(=O)OC(C)(C)C)CC4)ncn3)c2)cc(C(C)(C)C)cc1NS(C)(=O)=O. The van der Waals surface area contributed by atoms with E-state index in [0.29, 0.717) is 48.3 Å². The van der Waals surface area contributed by atoms with Crippen LogP contribution in [0.3, 0.4) is 0 Å². The van der Waals surface area contributed by atoms with E-state index in [0.717, 1.165) is 42.3 Å². The molecular weight excluding hydrogens is 646 g/mol. The first-order valence-electron chi connectivity index (χ1n) is 16.4. The van der Waals surface area contributed by atoms with Gasteiger partial charge in [0.1, 0.15) is 17.7 Å². The molecule has 1 aliphatic rings. The number of benzene rings is 2. The Morgan fingerprint density at radius 3 is 2.35 bits per heavy atom. The second kappa shape index (κ2) is 15.0. The minimum atomic E-state index is -3.62. The van der Waals surface area contributed by atoms with Crippen molar-refractivity contribution < 1.29 is 32.2 Å². The van der Waals surface area contributed by atoms with Crippen LogP contribution in [0.5, 0.6) is 17.4 Å². The number of ether oxygens (including phenoxy) is 3. The number of rotatable bonds is 9. The lowest BCUT2D eigenvalue weighted by Crippen LogP contribution is -2.37. The molecule has 1 fully saturated rings. The Kier molecular flexibility index (Phi) is 11.5. The van der Waals surface area contributed by atoms with Gasteiger partial charge in [0, 0.05) is 30.4 Å². The zero-order valence-corrected chi connectivity index (χ0v) is 30.8. The van der Waals surface area contributed by atoms with Crippen molar-refractivity contribution >= 4 is 33.4 Å². The fraction of sp³-hybridized carbons (Fsp3) is 0.500. The van der Waals surface area contributed by atoms with Crippen LogP contribution in [0.1, 0.15) is 88.0 Å². The molecule has 2 heterocycles. The predicted molar refractivity (Wildman–Crippen MR) is 190 cm³/mol. The number of aromatic nitrogens is 2. The van der Waals surface area contributed by atoms with Gasteiger partial charge in [-0.05, 0) is 100 Å². The number of methoxy groups -OCH3 is 1. The van der Waals surface area contributed by atoms with E-state index < -0.39 is 21.5 Å². The number of carbonyl (C=O) groups is 2. The molecule has 0 radical (unpaired) electrons. The number of carbonyl (C=O) groups excluding carboxylic acids is 2. The van der Waals surface area contributed by atoms with E-state index in [2.05, 4.69) is 20.0 Å². The monoisotopic (exact) mass is 695 g/mol. The van der Waals surface area contributed by atoms with Crippen LogP contribution in [0.25, 0.3) is 0 Å². The maximum atomic E-state index is 13.6. The highest BCUT2D eigenvalue weighted by Crippen LogP contribution is 2.39. The van der Waals surface area contributed by atoms with Crippen molar-refractivity contribution in [3.63, 3.8) is 0 Å². The number of nitrogens with zero attached hydrogens (tertiary/aromatic N) is 3. The third kappa shape index (κ3) is 10.8. The van der Waals surface area contributed by atoms with Gasteiger partial charge in [-0.15, -0.1) is 0 Å². The Bertz CT molecular complexity index is 1780. The van der Waals surface area contributed by atoms with E-state index in [-0.39, 0.29) is 22.9 Å². The number of hydrogen-bond donors (Lipinski definition) is 2. The molecule has 1 aliphatic heterocycles. The molecule has 266 valence electrons. The van der Waals surface area contributed by atoms with Crippen LogP contribution in [0.4, 0.5) is 16.2 Å². The largest absolute Gasteiger partial charge is 0.492 e. The fourth-order valence-electron chi connectivity index (χ4n) is 5.53. The van der Waals surface area contributed by atoms with Crippen LogP contribution >= 0.6 is 0 Å². The lowest BCUT2D eigenvalue weighted by atomic mass is 9.86. The smallest absolute Gasteiger partial charge is 0.410 e. The number of aryl methyl sites for hydroxylation is 1. The van der Waals surface area contributed by atoms with E-state index in [9.17, 15) is 18.0 Å². The third-order valence-electron chi connectivity index (χ3n) is 8.06. The van der Waals surface area contributed by atoms with Gasteiger partial charge >= 0.3 is 6.09 Å². The third-order valence-corrected chi connectivity index (χ3v) is 8.65. The number of amides is 2. The lowest BCUT2D eigenvalue weighted by molar-refractivity contribution is 0.0255. The summed E-state index contributed by atoms with van der Waals surface area (Å²) in [5.74, 6) is 0.901. The maximum Gasteiger partial charge on any atom is 0.410 e. The quantitative estimate of drug-likeness (QED) is 0.239. The molecule has 0 spiro atoms. The molecule has 49 heavy (non-hydrogen) atoms. The number of likely N-dealkylation sites (tertiary alicyclic amines) is 1. The summed E-state index contributed by atoms with van der Waals surface area (Å²) in [5, 5.41) is 2.90. The molecule has 0 bridgehead atoms. The summed E-state index contributed by atoms with van der Waals surface area (Å²) < 4.78 is 44.0. The molecule has 0 saturated carbocycles. The molecule has 1 aromatic heterocycles. The molecule has 1 saturated heterocycles. The average molecular weight is 696 g/mol. The molecule has 2 amide bonds. The molecule has 13 heteroatoms. The Morgan fingerprint density at radius 2 is 1.69 bits per heavy atom. The van der Waals surface area contributed by atoms with Crippen LogP contribution in [-0.2, 0) is 26.6 Å². The summed E-state index contributed by atoms with van der Waals surface area (Å²) >= 11 is 0. The van der Waals surface area contributed by atoms with Crippen LogP contribution in [0.2, 0.25) is 0 Å². The Hall–Kier alpha value is -4.39. The number of nitrogens with one attached hydrogen (secondary N) is 2. The molecule has 2 N–H and O–H groups in total. The summed E-state index contributed by atoms with van der Waals surface area (Å²) in [6.07, 6.45) is 5.65. The first-order chi connectivity index (χ1) is 22.8. The van der Waals surface area contributed by atoms with Crippen LogP contribution in [0.15, 0.2) is 42.7 Å². The molecule has 2 aromatic carbocycles. The van der Waals surface area contributed by atoms with Crippen molar-refractivity contribution in [2.45, 2.75) is 85.2 Å². The van der Waals surface area contributed by atoms with Crippen molar-refractivity contribution in [1.82, 2.24) is 14.9 Å². The van der Waals surface area contributed by atoms with Gasteiger partial charge in [-0.2, -0.15) is 0 Å².